The second kappa shape index (κ2) is 14.0. The van der Waals surface area contributed by atoms with Gasteiger partial charge in [0.15, 0.2) is 0 Å². The van der Waals surface area contributed by atoms with Crippen molar-refractivity contribution in [1.82, 2.24) is 15.6 Å². The minimum Gasteiger partial charge on any atom is -0.480 e. The van der Waals surface area contributed by atoms with Crippen molar-refractivity contribution in [2.45, 2.75) is 38.8 Å². The maximum atomic E-state index is 13.3. The van der Waals surface area contributed by atoms with Gasteiger partial charge in [-0.3, -0.25) is 14.4 Å². The number of aryl methyl sites for hydroxylation is 1. The molecule has 1 aliphatic heterocycles. The second-order valence-corrected chi connectivity index (χ2v) is 11.2. The topological polar surface area (TPSA) is 167 Å². The summed E-state index contributed by atoms with van der Waals surface area (Å²) in [5, 5.41) is 17.9. The quantitative estimate of drug-likeness (QED) is 0.123. The van der Waals surface area contributed by atoms with E-state index in [1.54, 1.807) is 62.4 Å². The summed E-state index contributed by atoms with van der Waals surface area (Å²) in [7, 11) is 1.25. The van der Waals surface area contributed by atoms with E-state index in [4.69, 9.17) is 4.74 Å². The molecule has 1 aromatic heterocycles. The van der Waals surface area contributed by atoms with E-state index in [1.165, 1.54) is 7.11 Å². The molecule has 11 heteroatoms. The van der Waals surface area contributed by atoms with Gasteiger partial charge >= 0.3 is 11.9 Å². The van der Waals surface area contributed by atoms with Gasteiger partial charge in [-0.15, -0.1) is 0 Å². The molecule has 240 valence electrons. The number of H-pyrrole nitrogens is 1. The summed E-state index contributed by atoms with van der Waals surface area (Å²) in [6.45, 7) is 3.39. The lowest BCUT2D eigenvalue weighted by molar-refractivity contribution is -0.143. The van der Waals surface area contributed by atoms with Gasteiger partial charge in [-0.2, -0.15) is 0 Å². The number of ether oxygens (including phenoxy) is 1. The average Bonchev–Trinajstić information content (AvgIpc) is 3.53. The molecule has 0 unspecified atom stereocenters. The standard InChI is InChI=1S/C36H34N4O7/c1-20-28(37-21(2)31(20)34(43)39-29(35(44)45)16-22-10-6-4-7-11-22)19-26-25-18-24(14-15-27(25)38-33(26)42)32(41)40-30(36(46)47-3)17-23-12-8-5-9-13-23/h4-15,18-19,29-30,37H,16-17H2,1-3H3,(H,38,42)(H,39,43)(H,40,41)(H,44,45)/t29-,30+/m0/s1. The van der Waals surface area contributed by atoms with E-state index >= 15 is 0 Å². The fraction of sp³-hybridized carbons (Fsp3) is 0.194. The Kier molecular flexibility index (Phi) is 9.65. The number of hydrogen-bond acceptors (Lipinski definition) is 6. The summed E-state index contributed by atoms with van der Waals surface area (Å²) in [6, 6.07) is 20.9. The minimum absolute atomic E-state index is 0.112. The number of fused-ring (bicyclic) bond motifs is 1. The zero-order chi connectivity index (χ0) is 33.7. The number of aromatic amines is 1. The third-order valence-corrected chi connectivity index (χ3v) is 8.02. The molecular weight excluding hydrogens is 600 g/mol. The second-order valence-electron chi connectivity index (χ2n) is 11.2. The molecule has 1 aliphatic rings. The Morgan fingerprint density at radius 2 is 1.45 bits per heavy atom. The number of aliphatic carboxylic acids is 1. The van der Waals surface area contributed by atoms with E-state index in [2.05, 4.69) is 20.9 Å². The first kappa shape index (κ1) is 32.4. The number of carbonyl (C=O) groups is 5. The summed E-state index contributed by atoms with van der Waals surface area (Å²) in [6.07, 6.45) is 1.93. The van der Waals surface area contributed by atoms with Gasteiger partial charge in [0.25, 0.3) is 17.7 Å². The molecule has 5 rings (SSSR count). The largest absolute Gasteiger partial charge is 0.480 e. The van der Waals surface area contributed by atoms with Crippen molar-refractivity contribution in [3.05, 3.63) is 124 Å². The normalized spacial score (nSPS) is 14.1. The van der Waals surface area contributed by atoms with Crippen LogP contribution in [0.4, 0.5) is 5.69 Å². The van der Waals surface area contributed by atoms with E-state index in [-0.39, 0.29) is 29.5 Å². The number of anilines is 1. The number of hydrogen-bond donors (Lipinski definition) is 5. The smallest absolute Gasteiger partial charge is 0.328 e. The number of aromatic nitrogens is 1. The maximum absolute atomic E-state index is 13.3. The Morgan fingerprint density at radius 1 is 0.851 bits per heavy atom. The molecule has 11 nitrogen and oxygen atoms in total. The zero-order valence-electron chi connectivity index (χ0n) is 26.0. The van der Waals surface area contributed by atoms with Gasteiger partial charge < -0.3 is 30.8 Å². The number of carbonyl (C=O) groups excluding carboxylic acids is 4. The number of benzene rings is 3. The van der Waals surface area contributed by atoms with Crippen molar-refractivity contribution < 1.29 is 33.8 Å². The number of amides is 3. The monoisotopic (exact) mass is 634 g/mol. The molecule has 2 atom stereocenters. The van der Waals surface area contributed by atoms with Crippen molar-refractivity contribution in [3.63, 3.8) is 0 Å². The highest BCUT2D eigenvalue weighted by Crippen LogP contribution is 2.35. The SMILES string of the molecule is COC(=O)[C@@H](Cc1ccccc1)NC(=O)c1ccc2c(c1)C(=Cc1[nH]c(C)c(C(=O)N[C@@H](Cc3ccccc3)C(=O)O)c1C)C(=O)N2. The van der Waals surface area contributed by atoms with E-state index in [9.17, 15) is 29.1 Å². The third kappa shape index (κ3) is 7.30. The number of carboxylic acid groups (broad SMARTS) is 1. The first-order valence-electron chi connectivity index (χ1n) is 14.9. The van der Waals surface area contributed by atoms with E-state index in [1.807, 2.05) is 36.4 Å². The lowest BCUT2D eigenvalue weighted by Gasteiger charge is -2.17. The summed E-state index contributed by atoms with van der Waals surface area (Å²) >= 11 is 0. The Labute approximate surface area is 271 Å². The summed E-state index contributed by atoms with van der Waals surface area (Å²) < 4.78 is 4.91. The molecule has 3 amide bonds. The highest BCUT2D eigenvalue weighted by Gasteiger charge is 2.29. The molecule has 0 saturated heterocycles. The van der Waals surface area contributed by atoms with Crippen LogP contribution in [0.2, 0.25) is 0 Å². The van der Waals surface area contributed by atoms with Crippen molar-refractivity contribution in [3.8, 4) is 0 Å². The lowest BCUT2D eigenvalue weighted by atomic mass is 10.0. The van der Waals surface area contributed by atoms with E-state index in [0.717, 1.165) is 11.1 Å². The maximum Gasteiger partial charge on any atom is 0.328 e. The van der Waals surface area contributed by atoms with Crippen LogP contribution < -0.4 is 16.0 Å². The van der Waals surface area contributed by atoms with Crippen molar-refractivity contribution in [2.24, 2.45) is 0 Å². The van der Waals surface area contributed by atoms with Gasteiger partial charge in [-0.1, -0.05) is 60.7 Å². The number of nitrogens with one attached hydrogen (secondary N) is 4. The summed E-state index contributed by atoms with van der Waals surface area (Å²) in [5.41, 5.74) is 4.82. The van der Waals surface area contributed by atoms with Gasteiger partial charge in [-0.05, 0) is 54.8 Å². The van der Waals surface area contributed by atoms with E-state index in [0.29, 0.717) is 28.2 Å². The Balaban J connectivity index is 1.38. The van der Waals surface area contributed by atoms with Gasteiger partial charge in [-0.25, -0.2) is 9.59 Å². The number of esters is 1. The van der Waals surface area contributed by atoms with Crippen LogP contribution in [0.15, 0.2) is 78.9 Å². The Hall–Kier alpha value is -5.97. The number of methoxy groups -OCH3 is 1. The van der Waals surface area contributed by atoms with Crippen molar-refractivity contribution in [2.75, 3.05) is 12.4 Å². The van der Waals surface area contributed by atoms with Crippen LogP contribution in [-0.4, -0.2) is 58.9 Å². The molecule has 0 spiro atoms. The Morgan fingerprint density at radius 3 is 2.04 bits per heavy atom. The van der Waals surface area contributed by atoms with Crippen molar-refractivity contribution >= 4 is 47.0 Å². The van der Waals surface area contributed by atoms with Gasteiger partial charge in [0, 0.05) is 41.0 Å². The van der Waals surface area contributed by atoms with Gasteiger partial charge in [0.05, 0.1) is 18.2 Å². The molecule has 5 N–H and O–H groups in total. The van der Waals surface area contributed by atoms with Crippen LogP contribution in [-0.2, 0) is 32.0 Å². The molecule has 0 radical (unpaired) electrons. The molecule has 2 heterocycles. The van der Waals surface area contributed by atoms with E-state index < -0.39 is 41.7 Å². The number of carboxylic acids is 1. The van der Waals surface area contributed by atoms with Crippen LogP contribution in [0.25, 0.3) is 11.6 Å². The first-order valence-corrected chi connectivity index (χ1v) is 14.9. The molecule has 4 aromatic rings. The first-order chi connectivity index (χ1) is 22.5. The van der Waals surface area contributed by atoms with Crippen LogP contribution in [0.3, 0.4) is 0 Å². The van der Waals surface area contributed by atoms with Crippen LogP contribution in [0.5, 0.6) is 0 Å². The van der Waals surface area contributed by atoms with Crippen LogP contribution >= 0.6 is 0 Å². The molecule has 0 saturated carbocycles. The summed E-state index contributed by atoms with van der Waals surface area (Å²) in [5.74, 6) is -3.23. The highest BCUT2D eigenvalue weighted by molar-refractivity contribution is 6.35. The fourth-order valence-corrected chi connectivity index (χ4v) is 5.58. The van der Waals surface area contributed by atoms with Gasteiger partial charge in [0.1, 0.15) is 12.1 Å². The molecular formula is C36H34N4O7. The van der Waals surface area contributed by atoms with Crippen molar-refractivity contribution in [1.29, 1.82) is 0 Å². The predicted octanol–water partition coefficient (Wildman–Crippen LogP) is 4.06. The minimum atomic E-state index is -1.16. The lowest BCUT2D eigenvalue weighted by Crippen LogP contribution is -2.43. The molecule has 0 bridgehead atoms. The predicted molar refractivity (Wildman–Crippen MR) is 176 cm³/mol. The molecule has 3 aromatic carbocycles. The van der Waals surface area contributed by atoms with Crippen LogP contribution in [0.1, 0.15) is 54.4 Å². The molecule has 0 fully saturated rings. The van der Waals surface area contributed by atoms with Crippen LogP contribution in [0, 0.1) is 13.8 Å². The average molecular weight is 635 g/mol. The summed E-state index contributed by atoms with van der Waals surface area (Å²) in [4.78, 5) is 67.3. The zero-order valence-corrected chi connectivity index (χ0v) is 26.0. The highest BCUT2D eigenvalue weighted by atomic mass is 16.5. The third-order valence-electron chi connectivity index (χ3n) is 8.02. The Bertz CT molecular complexity index is 1880. The molecule has 47 heavy (non-hydrogen) atoms. The fourth-order valence-electron chi connectivity index (χ4n) is 5.58. The molecule has 0 aliphatic carbocycles. The van der Waals surface area contributed by atoms with Gasteiger partial charge in [0.2, 0.25) is 0 Å². The number of rotatable bonds is 11.